The maximum absolute atomic E-state index is 13.6. The van der Waals surface area contributed by atoms with Gasteiger partial charge in [0.15, 0.2) is 11.2 Å². The standard InChI is InChI=1S/C23H27Cl2N5O2/c1-14-11-28(16-6-4-3-5-7-16)22-26-20-19(29(22)12-14)21(31)30(23(32)27(20)2)13-15-8-9-17(24)18(25)10-15/h8-10,14,16H,3-7,11-13H2,1-2H3. The van der Waals surface area contributed by atoms with Gasteiger partial charge < -0.3 is 9.47 Å². The predicted octanol–water partition coefficient (Wildman–Crippen LogP) is 4.04. The molecular weight excluding hydrogens is 449 g/mol. The third kappa shape index (κ3) is 3.55. The van der Waals surface area contributed by atoms with Gasteiger partial charge in [0.1, 0.15) is 0 Å². The SMILES string of the molecule is CC1CN(C2CCCCC2)c2nc3c(c(=O)n(Cc4ccc(Cl)c(Cl)c4)c(=O)n3C)n2C1. The minimum absolute atomic E-state index is 0.126. The van der Waals surface area contributed by atoms with Gasteiger partial charge in [-0.1, -0.05) is 55.5 Å². The third-order valence-electron chi connectivity index (χ3n) is 6.81. The van der Waals surface area contributed by atoms with Gasteiger partial charge in [0.25, 0.3) is 5.56 Å². The average molecular weight is 476 g/mol. The van der Waals surface area contributed by atoms with Crippen molar-refractivity contribution in [1.82, 2.24) is 18.7 Å². The van der Waals surface area contributed by atoms with Gasteiger partial charge in [-0.3, -0.25) is 13.9 Å². The van der Waals surface area contributed by atoms with Crippen LogP contribution in [0.3, 0.4) is 0 Å². The van der Waals surface area contributed by atoms with E-state index < -0.39 is 0 Å². The van der Waals surface area contributed by atoms with E-state index >= 15 is 0 Å². The summed E-state index contributed by atoms with van der Waals surface area (Å²) in [4.78, 5) is 33.9. The smallest absolute Gasteiger partial charge is 0.332 e. The molecule has 3 heterocycles. The number of hydrogen-bond acceptors (Lipinski definition) is 4. The first-order valence-corrected chi connectivity index (χ1v) is 12.0. The molecule has 7 nitrogen and oxygen atoms in total. The van der Waals surface area contributed by atoms with Gasteiger partial charge in [0.2, 0.25) is 5.95 Å². The van der Waals surface area contributed by atoms with E-state index in [0.29, 0.717) is 33.2 Å². The molecule has 0 radical (unpaired) electrons. The van der Waals surface area contributed by atoms with Gasteiger partial charge in [0, 0.05) is 26.2 Å². The molecule has 1 aromatic carbocycles. The number of nitrogens with zero attached hydrogens (tertiary/aromatic N) is 5. The average Bonchev–Trinajstić information content (AvgIpc) is 3.17. The summed E-state index contributed by atoms with van der Waals surface area (Å²) >= 11 is 12.2. The summed E-state index contributed by atoms with van der Waals surface area (Å²) in [5, 5.41) is 0.835. The molecule has 9 heteroatoms. The minimum atomic E-state index is -0.388. The lowest BCUT2D eigenvalue weighted by atomic mass is 9.93. The van der Waals surface area contributed by atoms with Crippen molar-refractivity contribution in [3.05, 3.63) is 54.6 Å². The second-order valence-electron chi connectivity index (χ2n) is 9.23. The highest BCUT2D eigenvalue weighted by Crippen LogP contribution is 2.33. The van der Waals surface area contributed by atoms with Crippen molar-refractivity contribution in [2.24, 2.45) is 13.0 Å². The summed E-state index contributed by atoms with van der Waals surface area (Å²) in [5.41, 5.74) is 0.991. The Kier molecular flexibility index (Phi) is 5.58. The van der Waals surface area contributed by atoms with Crippen molar-refractivity contribution >= 4 is 40.3 Å². The van der Waals surface area contributed by atoms with Crippen LogP contribution >= 0.6 is 23.2 Å². The van der Waals surface area contributed by atoms with Gasteiger partial charge in [-0.15, -0.1) is 0 Å². The quantitative estimate of drug-likeness (QED) is 0.573. The molecule has 1 fully saturated rings. The van der Waals surface area contributed by atoms with E-state index in [1.54, 1.807) is 25.2 Å². The van der Waals surface area contributed by atoms with Crippen LogP contribution in [0.1, 0.15) is 44.6 Å². The number of fused-ring (bicyclic) bond motifs is 3. The Bertz CT molecular complexity index is 1300. The van der Waals surface area contributed by atoms with Crippen molar-refractivity contribution in [3.8, 4) is 0 Å². The van der Waals surface area contributed by atoms with Crippen LogP contribution < -0.4 is 16.1 Å². The Morgan fingerprint density at radius 2 is 1.81 bits per heavy atom. The van der Waals surface area contributed by atoms with Crippen LogP contribution in [0.2, 0.25) is 10.0 Å². The van der Waals surface area contributed by atoms with E-state index in [2.05, 4.69) is 11.8 Å². The summed E-state index contributed by atoms with van der Waals surface area (Å²) in [6, 6.07) is 5.59. The molecule has 0 saturated heterocycles. The van der Waals surface area contributed by atoms with E-state index in [1.165, 1.54) is 28.4 Å². The van der Waals surface area contributed by atoms with Crippen LogP contribution in [-0.4, -0.2) is 31.3 Å². The van der Waals surface area contributed by atoms with Crippen LogP contribution in [0.5, 0.6) is 0 Å². The lowest BCUT2D eigenvalue weighted by Gasteiger charge is -2.40. The highest BCUT2D eigenvalue weighted by molar-refractivity contribution is 6.42. The fourth-order valence-corrected chi connectivity index (χ4v) is 5.52. The zero-order valence-corrected chi connectivity index (χ0v) is 19.9. The van der Waals surface area contributed by atoms with Gasteiger partial charge in [0.05, 0.1) is 16.6 Å². The third-order valence-corrected chi connectivity index (χ3v) is 7.55. The number of halogens is 2. The number of imidazole rings is 1. The molecular formula is C23H27Cl2N5O2. The topological polar surface area (TPSA) is 65.1 Å². The molecule has 1 unspecified atom stereocenters. The molecule has 0 amide bonds. The number of benzene rings is 1. The second-order valence-corrected chi connectivity index (χ2v) is 10.0. The first-order valence-electron chi connectivity index (χ1n) is 11.3. The van der Waals surface area contributed by atoms with E-state index in [-0.39, 0.29) is 17.8 Å². The van der Waals surface area contributed by atoms with Crippen LogP contribution in [0, 0.1) is 5.92 Å². The molecule has 2 aromatic heterocycles. The molecule has 0 N–H and O–H groups in total. The molecule has 1 atom stereocenters. The first-order chi connectivity index (χ1) is 15.3. The molecule has 1 aliphatic carbocycles. The number of hydrogen-bond donors (Lipinski definition) is 0. The Labute approximate surface area is 196 Å². The van der Waals surface area contributed by atoms with E-state index in [9.17, 15) is 9.59 Å². The number of aromatic nitrogens is 4. The molecule has 170 valence electrons. The first kappa shape index (κ1) is 21.6. The Morgan fingerprint density at radius 3 is 2.53 bits per heavy atom. The Morgan fingerprint density at radius 1 is 1.06 bits per heavy atom. The molecule has 5 rings (SSSR count). The highest BCUT2D eigenvalue weighted by atomic mass is 35.5. The van der Waals surface area contributed by atoms with E-state index in [0.717, 1.165) is 37.4 Å². The number of rotatable bonds is 3. The number of aryl methyl sites for hydroxylation is 1. The van der Waals surface area contributed by atoms with Crippen LogP contribution in [0.4, 0.5) is 5.95 Å². The van der Waals surface area contributed by atoms with Crippen LogP contribution in [0.15, 0.2) is 27.8 Å². The van der Waals surface area contributed by atoms with Crippen molar-refractivity contribution in [1.29, 1.82) is 0 Å². The van der Waals surface area contributed by atoms with Gasteiger partial charge in [-0.05, 0) is 36.5 Å². The summed E-state index contributed by atoms with van der Waals surface area (Å²) in [6.07, 6.45) is 6.03. The maximum Gasteiger partial charge on any atom is 0.332 e. The fraction of sp³-hybridized carbons (Fsp3) is 0.522. The fourth-order valence-electron chi connectivity index (χ4n) is 5.20. The second kappa shape index (κ2) is 8.27. The Hall–Kier alpha value is -2.25. The minimum Gasteiger partial charge on any atom is -0.339 e. The lowest BCUT2D eigenvalue weighted by molar-refractivity contribution is 0.354. The molecule has 3 aromatic rings. The van der Waals surface area contributed by atoms with Crippen LogP contribution in [0.25, 0.3) is 11.2 Å². The highest BCUT2D eigenvalue weighted by Gasteiger charge is 2.33. The summed E-state index contributed by atoms with van der Waals surface area (Å²) in [5.74, 6) is 1.21. The number of anilines is 1. The maximum atomic E-state index is 13.6. The largest absolute Gasteiger partial charge is 0.339 e. The molecule has 1 saturated carbocycles. The normalized spacial score (nSPS) is 19.5. The molecule has 0 spiro atoms. The molecule has 2 aliphatic rings. The zero-order chi connectivity index (χ0) is 22.6. The molecule has 32 heavy (non-hydrogen) atoms. The van der Waals surface area contributed by atoms with Gasteiger partial charge in [-0.2, -0.15) is 4.98 Å². The summed E-state index contributed by atoms with van der Waals surface area (Å²) < 4.78 is 4.79. The van der Waals surface area contributed by atoms with Crippen molar-refractivity contribution in [3.63, 3.8) is 0 Å². The van der Waals surface area contributed by atoms with Gasteiger partial charge in [-0.25, -0.2) is 4.79 Å². The predicted molar refractivity (Wildman–Crippen MR) is 128 cm³/mol. The monoisotopic (exact) mass is 475 g/mol. The lowest BCUT2D eigenvalue weighted by Crippen LogP contribution is -2.45. The summed E-state index contributed by atoms with van der Waals surface area (Å²) in [7, 11) is 1.68. The van der Waals surface area contributed by atoms with Crippen molar-refractivity contribution < 1.29 is 0 Å². The van der Waals surface area contributed by atoms with Gasteiger partial charge >= 0.3 is 5.69 Å². The zero-order valence-electron chi connectivity index (χ0n) is 18.4. The Balaban J connectivity index is 1.66. The van der Waals surface area contributed by atoms with Crippen LogP contribution in [-0.2, 0) is 20.1 Å². The van der Waals surface area contributed by atoms with E-state index in [4.69, 9.17) is 28.2 Å². The van der Waals surface area contributed by atoms with Crippen molar-refractivity contribution in [2.75, 3.05) is 11.4 Å². The van der Waals surface area contributed by atoms with E-state index in [1.807, 2.05) is 4.57 Å². The molecule has 1 aliphatic heterocycles. The molecule has 0 bridgehead atoms. The summed E-state index contributed by atoms with van der Waals surface area (Å²) in [6.45, 7) is 3.98. The van der Waals surface area contributed by atoms with Crippen molar-refractivity contribution in [2.45, 2.75) is 58.2 Å².